The largest absolute Gasteiger partial charge is 0.393 e. The van der Waals surface area contributed by atoms with Crippen LogP contribution >= 0.6 is 0 Å². The van der Waals surface area contributed by atoms with Crippen LogP contribution in [0.25, 0.3) is 5.57 Å². The van der Waals surface area contributed by atoms with E-state index in [1.54, 1.807) is 0 Å². The van der Waals surface area contributed by atoms with Crippen LogP contribution in [0.15, 0.2) is 48.7 Å². The number of carbonyl (C=O) groups is 2. The number of nitrogens with one attached hydrogen (secondary N) is 3. The molecule has 2 aromatic rings. The van der Waals surface area contributed by atoms with E-state index < -0.39 is 0 Å². The first-order valence-corrected chi connectivity index (χ1v) is 15.8. The van der Waals surface area contributed by atoms with Crippen LogP contribution in [-0.4, -0.2) is 67.6 Å². The van der Waals surface area contributed by atoms with Crippen molar-refractivity contribution < 1.29 is 9.59 Å². The molecular weight excluding hydrogens is 522 g/mol. The summed E-state index contributed by atoms with van der Waals surface area (Å²) >= 11 is 0. The van der Waals surface area contributed by atoms with Crippen LogP contribution in [-0.2, 0) is 4.79 Å². The second-order valence-electron chi connectivity index (χ2n) is 11.9. The van der Waals surface area contributed by atoms with Crippen LogP contribution in [0.4, 0.5) is 5.69 Å². The molecule has 2 amide bonds. The van der Waals surface area contributed by atoms with Gasteiger partial charge in [-0.1, -0.05) is 56.5 Å². The number of rotatable bonds is 12. The van der Waals surface area contributed by atoms with Gasteiger partial charge in [0.05, 0.1) is 0 Å². The Morgan fingerprint density at radius 1 is 0.929 bits per heavy atom. The topological polar surface area (TPSA) is 88.5 Å². The van der Waals surface area contributed by atoms with E-state index >= 15 is 0 Å². The van der Waals surface area contributed by atoms with Crippen LogP contribution in [0.2, 0.25) is 0 Å². The van der Waals surface area contributed by atoms with Crippen LogP contribution in [0.3, 0.4) is 0 Å². The molecule has 0 bridgehead atoms. The minimum Gasteiger partial charge on any atom is -0.393 e. The van der Waals surface area contributed by atoms with Crippen molar-refractivity contribution in [2.75, 3.05) is 45.1 Å². The van der Waals surface area contributed by atoms with Gasteiger partial charge in [-0.3, -0.25) is 9.59 Å². The molecule has 2 aliphatic heterocycles. The fourth-order valence-electron chi connectivity index (χ4n) is 6.22. The summed E-state index contributed by atoms with van der Waals surface area (Å²) in [4.78, 5) is 31.0. The minimum atomic E-state index is 0.0276. The molecule has 7 heteroatoms. The highest BCUT2D eigenvalue weighted by atomic mass is 16.2. The van der Waals surface area contributed by atoms with Crippen molar-refractivity contribution in [3.63, 3.8) is 0 Å². The lowest BCUT2D eigenvalue weighted by atomic mass is 9.88. The zero-order valence-corrected chi connectivity index (χ0v) is 25.8. The molecule has 0 saturated carbocycles. The van der Waals surface area contributed by atoms with Gasteiger partial charge >= 0.3 is 0 Å². The van der Waals surface area contributed by atoms with Crippen LogP contribution in [0, 0.1) is 18.3 Å². The third-order valence-corrected chi connectivity index (χ3v) is 8.98. The lowest BCUT2D eigenvalue weighted by Crippen LogP contribution is -2.39. The number of nitrogens with zero attached hydrogens (tertiary/aromatic N) is 2. The first-order valence-electron chi connectivity index (χ1n) is 15.8. The molecule has 2 fully saturated rings. The summed E-state index contributed by atoms with van der Waals surface area (Å²) in [6, 6.07) is 14.1. The maximum atomic E-state index is 13.4. The zero-order valence-electron chi connectivity index (χ0n) is 25.8. The number of unbranched alkanes of at least 4 members (excludes halogenated alkanes) is 3. The molecule has 3 N–H and O–H groups in total. The zero-order chi connectivity index (χ0) is 29.9. The van der Waals surface area contributed by atoms with E-state index in [4.69, 9.17) is 5.41 Å². The summed E-state index contributed by atoms with van der Waals surface area (Å²) < 4.78 is 0. The fraction of sp³-hybridized carbons (Fsp3) is 0.514. The summed E-state index contributed by atoms with van der Waals surface area (Å²) in [6.45, 7) is 8.76. The van der Waals surface area contributed by atoms with Crippen molar-refractivity contribution in [2.24, 2.45) is 5.92 Å². The Hall–Kier alpha value is -3.45. The predicted octanol–water partition coefficient (Wildman–Crippen LogP) is 6.46. The predicted molar refractivity (Wildman–Crippen MR) is 173 cm³/mol. The maximum Gasteiger partial charge on any atom is 0.253 e. The molecular formula is C35H49N5O2. The van der Waals surface area contributed by atoms with E-state index in [0.717, 1.165) is 67.7 Å². The molecule has 2 aliphatic rings. The molecule has 0 atom stereocenters. The lowest BCUT2D eigenvalue weighted by molar-refractivity contribution is -0.121. The average molecular weight is 572 g/mol. The van der Waals surface area contributed by atoms with Gasteiger partial charge in [-0.2, -0.15) is 0 Å². The normalized spacial score (nSPS) is 17.2. The molecule has 2 aromatic carbocycles. The molecule has 0 unspecified atom stereocenters. The number of hydrogen-bond acceptors (Lipinski definition) is 5. The summed E-state index contributed by atoms with van der Waals surface area (Å²) in [7, 11) is 1.83. The smallest absolute Gasteiger partial charge is 0.253 e. The quantitative estimate of drug-likeness (QED) is 0.202. The summed E-state index contributed by atoms with van der Waals surface area (Å²) in [5.41, 5.74) is 5.50. The summed E-state index contributed by atoms with van der Waals surface area (Å²) in [5.74, 6) is 0.549. The Morgan fingerprint density at radius 3 is 2.26 bits per heavy atom. The molecule has 2 saturated heterocycles. The first kappa shape index (κ1) is 31.5. The Morgan fingerprint density at radius 2 is 1.62 bits per heavy atom. The van der Waals surface area contributed by atoms with Gasteiger partial charge in [-0.25, -0.2) is 0 Å². The van der Waals surface area contributed by atoms with Gasteiger partial charge in [0.25, 0.3) is 5.91 Å². The highest BCUT2D eigenvalue weighted by molar-refractivity contribution is 6.08. The van der Waals surface area contributed by atoms with E-state index in [1.807, 2.05) is 43.3 Å². The number of likely N-dealkylation sites (tertiary alicyclic amines) is 2. The van der Waals surface area contributed by atoms with Gasteiger partial charge < -0.3 is 25.8 Å². The Labute approximate surface area is 252 Å². The van der Waals surface area contributed by atoms with Gasteiger partial charge in [-0.05, 0) is 93.4 Å². The van der Waals surface area contributed by atoms with Gasteiger partial charge in [0.15, 0.2) is 0 Å². The van der Waals surface area contributed by atoms with Crippen molar-refractivity contribution in [2.45, 2.75) is 71.1 Å². The van der Waals surface area contributed by atoms with Gasteiger partial charge in [0, 0.05) is 55.3 Å². The third kappa shape index (κ3) is 8.31. The minimum absolute atomic E-state index is 0.0276. The molecule has 0 aliphatic carbocycles. The Bertz CT molecular complexity index is 1220. The van der Waals surface area contributed by atoms with E-state index in [9.17, 15) is 9.59 Å². The number of piperidine rings is 2. The van der Waals surface area contributed by atoms with Crippen LogP contribution < -0.4 is 10.6 Å². The van der Waals surface area contributed by atoms with Gasteiger partial charge in [0.1, 0.15) is 0 Å². The number of amides is 2. The first-order chi connectivity index (χ1) is 20.4. The van der Waals surface area contributed by atoms with E-state index in [0.29, 0.717) is 24.6 Å². The van der Waals surface area contributed by atoms with E-state index in [1.165, 1.54) is 37.5 Å². The third-order valence-electron chi connectivity index (χ3n) is 8.98. The highest BCUT2D eigenvalue weighted by Gasteiger charge is 2.27. The molecule has 4 rings (SSSR count). The van der Waals surface area contributed by atoms with Crippen molar-refractivity contribution in [3.05, 3.63) is 70.9 Å². The van der Waals surface area contributed by atoms with Crippen molar-refractivity contribution >= 4 is 29.3 Å². The van der Waals surface area contributed by atoms with Crippen molar-refractivity contribution in [1.82, 2.24) is 15.1 Å². The fourth-order valence-corrected chi connectivity index (χ4v) is 6.22. The summed E-state index contributed by atoms with van der Waals surface area (Å²) in [5, 5.41) is 13.8. The number of allylic oxidation sites excluding steroid dienone is 1. The average Bonchev–Trinajstić information content (AvgIpc) is 3.03. The molecule has 0 aromatic heterocycles. The lowest BCUT2D eigenvalue weighted by Gasteiger charge is -2.32. The molecule has 226 valence electrons. The van der Waals surface area contributed by atoms with E-state index in [-0.39, 0.29) is 17.7 Å². The van der Waals surface area contributed by atoms with Crippen LogP contribution in [0.5, 0.6) is 0 Å². The summed E-state index contributed by atoms with van der Waals surface area (Å²) in [6.07, 6.45) is 11.9. The second-order valence-corrected chi connectivity index (χ2v) is 11.9. The SMILES string of the molecule is CCCCCCN1CCC(C(=O)Nc2cc(C(=O)N3CCC(c4ccc(/C(C=N)=C/NC)cc4)CC3)ccc2C)CC1. The number of benzene rings is 2. The van der Waals surface area contributed by atoms with Gasteiger partial charge in [-0.15, -0.1) is 0 Å². The maximum absolute atomic E-state index is 13.4. The molecule has 42 heavy (non-hydrogen) atoms. The van der Waals surface area contributed by atoms with Crippen LogP contribution in [0.1, 0.15) is 91.3 Å². The standard InChI is InChI=1S/C35H49N5O2/c1-4-5-6-7-18-39-19-14-30(15-20-39)34(41)38-33-23-31(9-8-26(33)2)35(42)40-21-16-29(17-22-40)27-10-12-28(13-11-27)32(24-36)25-37-3/h8-13,23-25,29-30,36-37H,4-7,14-22H2,1-3H3,(H,38,41)/b32-25+,36-24?. The second kappa shape index (κ2) is 15.7. The molecule has 2 heterocycles. The van der Waals surface area contributed by atoms with Crippen molar-refractivity contribution in [3.8, 4) is 0 Å². The number of carbonyl (C=O) groups excluding carboxylic acids is 2. The Kier molecular flexibility index (Phi) is 11.8. The number of anilines is 1. The highest BCUT2D eigenvalue weighted by Crippen LogP contribution is 2.30. The number of hydrogen-bond donors (Lipinski definition) is 3. The number of aryl methyl sites for hydroxylation is 1. The molecule has 0 radical (unpaired) electrons. The monoisotopic (exact) mass is 571 g/mol. The Balaban J connectivity index is 1.29. The van der Waals surface area contributed by atoms with Crippen molar-refractivity contribution in [1.29, 1.82) is 5.41 Å². The van der Waals surface area contributed by atoms with E-state index in [2.05, 4.69) is 46.7 Å². The molecule has 0 spiro atoms. The molecule has 7 nitrogen and oxygen atoms in total. The van der Waals surface area contributed by atoms with Gasteiger partial charge in [0.2, 0.25) is 5.91 Å².